The number of anilines is 1. The summed E-state index contributed by atoms with van der Waals surface area (Å²) in [6.45, 7) is 0.867. The van der Waals surface area contributed by atoms with Gasteiger partial charge in [-0.3, -0.25) is 14.6 Å². The average Bonchev–Trinajstić information content (AvgIpc) is 3.34. The minimum absolute atomic E-state index is 0.0267. The Labute approximate surface area is 204 Å². The number of hydrogen-bond acceptors (Lipinski definition) is 7. The van der Waals surface area contributed by atoms with Crippen LogP contribution in [0.1, 0.15) is 55.3 Å². The van der Waals surface area contributed by atoms with Gasteiger partial charge >= 0.3 is 0 Å². The van der Waals surface area contributed by atoms with E-state index in [0.29, 0.717) is 43.9 Å². The molecule has 5 rings (SSSR count). The highest BCUT2D eigenvalue weighted by atomic mass is 16.2. The molecule has 0 bridgehead atoms. The number of nitrogens with one attached hydrogen (secondary N) is 1. The maximum Gasteiger partial charge on any atom is 0.254 e. The largest absolute Gasteiger partial charge is 0.335 e. The highest BCUT2D eigenvalue weighted by Crippen LogP contribution is 2.41. The summed E-state index contributed by atoms with van der Waals surface area (Å²) in [4.78, 5) is 41.2. The first-order valence-corrected chi connectivity index (χ1v) is 12.2. The molecule has 8 heteroatoms. The molecule has 0 saturated heterocycles. The summed E-state index contributed by atoms with van der Waals surface area (Å²) in [7, 11) is 0. The second kappa shape index (κ2) is 9.79. The van der Waals surface area contributed by atoms with Crippen molar-refractivity contribution in [2.45, 2.75) is 51.0 Å². The number of Topliss-reactive ketones (excluding diaryl/α,β-unsaturated/α-hetero) is 1. The third-order valence-electron chi connectivity index (χ3n) is 7.14. The van der Waals surface area contributed by atoms with E-state index in [1.165, 1.54) is 0 Å². The molecule has 2 aliphatic carbocycles. The zero-order valence-corrected chi connectivity index (χ0v) is 19.6. The van der Waals surface area contributed by atoms with Crippen LogP contribution >= 0.6 is 0 Å². The van der Waals surface area contributed by atoms with Crippen LogP contribution in [0.15, 0.2) is 63.2 Å². The van der Waals surface area contributed by atoms with Gasteiger partial charge in [-0.1, -0.05) is 18.9 Å². The van der Waals surface area contributed by atoms with E-state index >= 15 is 0 Å². The average molecular weight is 469 g/mol. The quantitative estimate of drug-likeness (QED) is 0.702. The van der Waals surface area contributed by atoms with Gasteiger partial charge < -0.3 is 10.2 Å². The summed E-state index contributed by atoms with van der Waals surface area (Å²) in [5.74, 6) is 0.576. The second-order valence-electron chi connectivity index (χ2n) is 9.41. The van der Waals surface area contributed by atoms with Crippen molar-refractivity contribution in [2.24, 2.45) is 20.4 Å². The summed E-state index contributed by atoms with van der Waals surface area (Å²) < 4.78 is 0. The van der Waals surface area contributed by atoms with E-state index in [-0.39, 0.29) is 17.7 Å². The monoisotopic (exact) mass is 468 g/mol. The maximum atomic E-state index is 13.2. The fraction of sp³-hybridized carbons (Fsp3) is 0.407. The maximum absolute atomic E-state index is 13.2. The Balaban J connectivity index is 1.30. The fourth-order valence-corrected chi connectivity index (χ4v) is 5.30. The molecule has 1 aromatic carbocycles. The van der Waals surface area contributed by atoms with Crippen LogP contribution in [0.25, 0.3) is 0 Å². The van der Waals surface area contributed by atoms with Gasteiger partial charge in [-0.2, -0.15) is 5.26 Å². The van der Waals surface area contributed by atoms with Crippen LogP contribution in [0.5, 0.6) is 0 Å². The SMILES string of the molecule is N#CCCN(C(=O)c1ccc(NC2=NCC34CC(=O)CC=NC3=CC=CC4=N2)cc1)C1CCCC1. The van der Waals surface area contributed by atoms with Gasteiger partial charge in [0.1, 0.15) is 5.78 Å². The Morgan fingerprint density at radius 1 is 1.23 bits per heavy atom. The number of nitrogens with zero attached hydrogens (tertiary/aromatic N) is 5. The number of carbonyl (C=O) groups is 2. The highest BCUT2D eigenvalue weighted by molar-refractivity contribution is 6.15. The minimum Gasteiger partial charge on any atom is -0.335 e. The second-order valence-corrected chi connectivity index (χ2v) is 9.41. The minimum atomic E-state index is -0.590. The molecule has 178 valence electrons. The van der Waals surface area contributed by atoms with Crippen molar-refractivity contribution in [1.29, 1.82) is 5.26 Å². The van der Waals surface area contributed by atoms with Gasteiger partial charge in [-0.05, 0) is 49.3 Å². The lowest BCUT2D eigenvalue weighted by Gasteiger charge is -2.35. The van der Waals surface area contributed by atoms with E-state index in [0.717, 1.165) is 42.8 Å². The molecule has 1 aromatic rings. The highest BCUT2D eigenvalue weighted by Gasteiger charge is 2.44. The summed E-state index contributed by atoms with van der Waals surface area (Å²) in [6, 6.07) is 9.68. The van der Waals surface area contributed by atoms with Crippen molar-refractivity contribution >= 4 is 35.3 Å². The van der Waals surface area contributed by atoms with Crippen molar-refractivity contribution < 1.29 is 9.59 Å². The molecule has 0 aromatic heterocycles. The van der Waals surface area contributed by atoms with E-state index in [1.54, 1.807) is 18.3 Å². The van der Waals surface area contributed by atoms with Crippen molar-refractivity contribution in [3.8, 4) is 6.07 Å². The number of rotatable bonds is 5. The molecule has 1 unspecified atom stereocenters. The number of nitriles is 1. The Morgan fingerprint density at radius 3 is 2.80 bits per heavy atom. The molecular formula is C27H28N6O2. The Bertz CT molecular complexity index is 1210. The molecule has 0 radical (unpaired) electrons. The number of guanidine groups is 1. The van der Waals surface area contributed by atoms with Crippen LogP contribution in [0.4, 0.5) is 5.69 Å². The third-order valence-corrected chi connectivity index (χ3v) is 7.14. The Kier molecular flexibility index (Phi) is 6.41. The van der Waals surface area contributed by atoms with E-state index in [9.17, 15) is 9.59 Å². The molecule has 2 aliphatic heterocycles. The molecule has 2 heterocycles. The molecule has 4 aliphatic rings. The molecule has 1 saturated carbocycles. The first-order chi connectivity index (χ1) is 17.1. The summed E-state index contributed by atoms with van der Waals surface area (Å²) >= 11 is 0. The number of carbonyl (C=O) groups excluding carboxylic acids is 2. The van der Waals surface area contributed by atoms with Gasteiger partial charge in [-0.25, -0.2) is 9.98 Å². The van der Waals surface area contributed by atoms with Crippen LogP contribution in [0, 0.1) is 16.7 Å². The van der Waals surface area contributed by atoms with E-state index in [4.69, 9.17) is 10.3 Å². The van der Waals surface area contributed by atoms with Gasteiger partial charge in [0.15, 0.2) is 0 Å². The van der Waals surface area contributed by atoms with Crippen LogP contribution in [0.3, 0.4) is 0 Å². The fourth-order valence-electron chi connectivity index (χ4n) is 5.30. The first kappa shape index (κ1) is 22.9. The van der Waals surface area contributed by atoms with Gasteiger partial charge in [0.2, 0.25) is 5.96 Å². The summed E-state index contributed by atoms with van der Waals surface area (Å²) in [5, 5.41) is 12.3. The third kappa shape index (κ3) is 4.59. The number of allylic oxidation sites excluding steroid dienone is 3. The Hall–Kier alpha value is -3.86. The summed E-state index contributed by atoms with van der Waals surface area (Å²) in [5.41, 5.74) is 2.41. The smallest absolute Gasteiger partial charge is 0.254 e. The zero-order chi connectivity index (χ0) is 24.3. The molecular weight excluding hydrogens is 440 g/mol. The van der Waals surface area contributed by atoms with Crippen molar-refractivity contribution in [3.63, 3.8) is 0 Å². The van der Waals surface area contributed by atoms with Crippen LogP contribution in [-0.2, 0) is 4.79 Å². The van der Waals surface area contributed by atoms with Gasteiger partial charge in [-0.15, -0.1) is 0 Å². The van der Waals surface area contributed by atoms with Crippen molar-refractivity contribution in [3.05, 3.63) is 53.8 Å². The van der Waals surface area contributed by atoms with Gasteiger partial charge in [0.25, 0.3) is 5.91 Å². The number of benzene rings is 1. The predicted molar refractivity (Wildman–Crippen MR) is 136 cm³/mol. The van der Waals surface area contributed by atoms with Crippen LogP contribution in [0.2, 0.25) is 0 Å². The lowest BCUT2D eigenvalue weighted by molar-refractivity contribution is -0.118. The molecule has 35 heavy (non-hydrogen) atoms. The van der Waals surface area contributed by atoms with Crippen LogP contribution < -0.4 is 5.32 Å². The zero-order valence-electron chi connectivity index (χ0n) is 19.6. The molecule has 1 amide bonds. The van der Waals surface area contributed by atoms with E-state index in [2.05, 4.69) is 21.4 Å². The normalized spacial score (nSPS) is 23.3. The van der Waals surface area contributed by atoms with Crippen molar-refractivity contribution in [2.75, 3.05) is 18.4 Å². The number of ketones is 1. The lowest BCUT2D eigenvalue weighted by atomic mass is 9.72. The number of aliphatic imine (C=N–C) groups is 3. The van der Waals surface area contributed by atoms with E-state index < -0.39 is 5.41 Å². The topological polar surface area (TPSA) is 110 Å². The summed E-state index contributed by atoms with van der Waals surface area (Å²) in [6.07, 6.45) is 12.7. The van der Waals surface area contributed by atoms with Gasteiger partial charge in [0.05, 0.1) is 35.9 Å². The lowest BCUT2D eigenvalue weighted by Crippen LogP contribution is -2.41. The van der Waals surface area contributed by atoms with Crippen molar-refractivity contribution in [1.82, 2.24) is 4.90 Å². The molecule has 1 N–H and O–H groups in total. The molecule has 1 spiro atoms. The molecule has 1 fully saturated rings. The molecule has 8 nitrogen and oxygen atoms in total. The van der Waals surface area contributed by atoms with E-state index in [1.807, 2.05) is 35.3 Å². The molecule has 1 atom stereocenters. The predicted octanol–water partition coefficient (Wildman–Crippen LogP) is 4.08. The van der Waals surface area contributed by atoms with Crippen LogP contribution in [-0.4, -0.2) is 53.6 Å². The number of hydrogen-bond donors (Lipinski definition) is 1. The standard InChI is InChI=1S/C27H28N6O2/c28-14-4-16-33(21-5-1-2-6-21)25(35)19-9-11-20(12-10-19)31-26-30-18-27-17-22(34)13-15-29-23(27)7-3-8-24(27)32-26/h3,7-12,15,21H,1-2,4-6,13,16-18H2,(H,30,31). The van der Waals surface area contributed by atoms with Gasteiger partial charge in [0, 0.05) is 42.9 Å². The Morgan fingerprint density at radius 2 is 2.03 bits per heavy atom. The number of amides is 1. The first-order valence-electron chi connectivity index (χ1n) is 12.2.